The molecule has 1 rings (SSSR count). The molecule has 1 heterocycles. The average molecular weight is 560 g/mol. The molecule has 1 saturated heterocycles. The largest absolute Gasteiger partial charge is 0.459 e. The van der Waals surface area contributed by atoms with Gasteiger partial charge < -0.3 is 34.2 Å². The minimum Gasteiger partial charge on any atom is -0.459 e. The van der Waals surface area contributed by atoms with Crippen molar-refractivity contribution in [1.82, 2.24) is 24.9 Å². The molecule has 0 bridgehead atoms. The van der Waals surface area contributed by atoms with E-state index in [0.29, 0.717) is 58.9 Å². The van der Waals surface area contributed by atoms with E-state index >= 15 is 0 Å². The molecule has 0 aliphatic carbocycles. The molecular formula is C26H49N5O8. The summed E-state index contributed by atoms with van der Waals surface area (Å²) >= 11 is 0. The predicted octanol–water partition coefficient (Wildman–Crippen LogP) is -1.91. The minimum absolute atomic E-state index is 0.0415. The maximum absolute atomic E-state index is 12.6. The van der Waals surface area contributed by atoms with Gasteiger partial charge in [0.05, 0.1) is 45.6 Å². The molecule has 1 atom stereocenters. The zero-order chi connectivity index (χ0) is 29.1. The van der Waals surface area contributed by atoms with Crippen LogP contribution in [0.3, 0.4) is 0 Å². The molecule has 0 radical (unpaired) electrons. The molecule has 0 aromatic carbocycles. The Morgan fingerprint density at radius 1 is 0.846 bits per heavy atom. The number of aliphatic hydroxyl groups excluding tert-OH is 1. The summed E-state index contributed by atoms with van der Waals surface area (Å²) in [5.41, 5.74) is -0.585. The van der Waals surface area contributed by atoms with Gasteiger partial charge in [-0.3, -0.25) is 29.2 Å². The summed E-state index contributed by atoms with van der Waals surface area (Å²) in [7, 11) is 1.54. The SMILES string of the molecule is CNC(=O)COCCOCC(O)CN1CCN(CC=O)CCN(CC=O)CCN(CC(=O)OC(C)(C)C)CC1. The molecular weight excluding hydrogens is 510 g/mol. The Kier molecular flexibility index (Phi) is 17.9. The molecule has 0 aromatic heterocycles. The number of nitrogens with one attached hydrogen (secondary N) is 1. The highest BCUT2D eigenvalue weighted by atomic mass is 16.6. The summed E-state index contributed by atoms with van der Waals surface area (Å²) in [4.78, 5) is 54.4. The monoisotopic (exact) mass is 559 g/mol. The lowest BCUT2D eigenvalue weighted by Crippen LogP contribution is -2.49. The van der Waals surface area contributed by atoms with Crippen LogP contribution in [0.5, 0.6) is 0 Å². The number of aldehydes is 2. The standard InChI is InChI=1S/C26H49N5O8/c1-26(2,3)39-25(36)20-31-10-8-29(14-16-33)6-5-28(13-15-32)7-9-30(11-12-31)19-23(34)21-37-17-18-38-22-24(35)27-4/h15-16,23,34H,5-14,17-22H2,1-4H3,(H,27,35). The van der Waals surface area contributed by atoms with Crippen LogP contribution in [0.25, 0.3) is 0 Å². The lowest BCUT2D eigenvalue weighted by atomic mass is 10.2. The van der Waals surface area contributed by atoms with Crippen molar-refractivity contribution in [3.05, 3.63) is 0 Å². The van der Waals surface area contributed by atoms with Gasteiger partial charge in [-0.2, -0.15) is 0 Å². The zero-order valence-electron chi connectivity index (χ0n) is 24.1. The highest BCUT2D eigenvalue weighted by Crippen LogP contribution is 2.08. The number of hydrogen-bond acceptors (Lipinski definition) is 12. The zero-order valence-corrected chi connectivity index (χ0v) is 24.1. The van der Waals surface area contributed by atoms with Gasteiger partial charge in [-0.25, -0.2) is 0 Å². The lowest BCUT2D eigenvalue weighted by molar-refractivity contribution is -0.156. The van der Waals surface area contributed by atoms with Crippen LogP contribution in [-0.2, 0) is 33.4 Å². The van der Waals surface area contributed by atoms with Crippen molar-refractivity contribution < 1.29 is 38.5 Å². The van der Waals surface area contributed by atoms with Crippen molar-refractivity contribution in [3.63, 3.8) is 0 Å². The van der Waals surface area contributed by atoms with E-state index in [1.54, 1.807) is 0 Å². The third-order valence-electron chi connectivity index (χ3n) is 6.03. The van der Waals surface area contributed by atoms with E-state index in [1.807, 2.05) is 35.5 Å². The Hall–Kier alpha value is -2.00. The number of esters is 1. The van der Waals surface area contributed by atoms with Gasteiger partial charge in [0, 0.05) is 66.0 Å². The Morgan fingerprint density at radius 3 is 1.82 bits per heavy atom. The number of nitrogens with zero attached hydrogens (tertiary/aromatic N) is 4. The molecule has 1 aliphatic heterocycles. The van der Waals surface area contributed by atoms with Crippen LogP contribution in [0.1, 0.15) is 20.8 Å². The molecule has 0 spiro atoms. The van der Waals surface area contributed by atoms with Gasteiger partial charge in [0.2, 0.25) is 5.91 Å². The molecule has 2 N–H and O–H groups in total. The van der Waals surface area contributed by atoms with Crippen molar-refractivity contribution in [2.45, 2.75) is 32.5 Å². The molecule has 1 aliphatic rings. The van der Waals surface area contributed by atoms with Crippen LogP contribution in [0.2, 0.25) is 0 Å². The third kappa shape index (κ3) is 18.1. The highest BCUT2D eigenvalue weighted by Gasteiger charge is 2.22. The Balaban J connectivity index is 2.77. The molecule has 0 saturated carbocycles. The number of likely N-dealkylation sites (N-methyl/N-ethyl adjacent to an activating group) is 1. The number of carbonyl (C=O) groups excluding carboxylic acids is 4. The van der Waals surface area contributed by atoms with Crippen LogP contribution < -0.4 is 5.32 Å². The van der Waals surface area contributed by atoms with Gasteiger partial charge in [0.25, 0.3) is 0 Å². The summed E-state index contributed by atoms with van der Waals surface area (Å²) in [5, 5.41) is 13.1. The maximum Gasteiger partial charge on any atom is 0.320 e. The van der Waals surface area contributed by atoms with Crippen molar-refractivity contribution >= 4 is 24.4 Å². The summed E-state index contributed by atoms with van der Waals surface area (Å²) in [6.45, 7) is 11.9. The number of aliphatic hydroxyl groups is 1. The second kappa shape index (κ2) is 20.0. The van der Waals surface area contributed by atoms with Crippen molar-refractivity contribution in [3.8, 4) is 0 Å². The first-order valence-electron chi connectivity index (χ1n) is 13.6. The van der Waals surface area contributed by atoms with E-state index in [9.17, 15) is 24.3 Å². The van der Waals surface area contributed by atoms with Crippen molar-refractivity contribution in [2.75, 3.05) is 112 Å². The van der Waals surface area contributed by atoms with Crippen molar-refractivity contribution in [1.29, 1.82) is 0 Å². The number of carbonyl (C=O) groups is 4. The Labute approximate surface area is 232 Å². The van der Waals surface area contributed by atoms with Gasteiger partial charge in [-0.15, -0.1) is 0 Å². The van der Waals surface area contributed by atoms with Crippen LogP contribution >= 0.6 is 0 Å². The fourth-order valence-corrected chi connectivity index (χ4v) is 3.98. The fraction of sp³-hybridized carbons (Fsp3) is 0.846. The smallest absolute Gasteiger partial charge is 0.320 e. The molecule has 1 amide bonds. The van der Waals surface area contributed by atoms with Crippen molar-refractivity contribution in [2.24, 2.45) is 0 Å². The van der Waals surface area contributed by atoms with Crippen LogP contribution in [0, 0.1) is 0 Å². The van der Waals surface area contributed by atoms with Crippen LogP contribution in [0.4, 0.5) is 0 Å². The van der Waals surface area contributed by atoms with Gasteiger partial charge >= 0.3 is 5.97 Å². The molecule has 13 heteroatoms. The first kappa shape index (κ1) is 35.0. The van der Waals surface area contributed by atoms with Crippen LogP contribution in [0.15, 0.2) is 0 Å². The summed E-state index contributed by atoms with van der Waals surface area (Å²) in [5.74, 6) is -0.529. The summed E-state index contributed by atoms with van der Waals surface area (Å²) in [6, 6.07) is 0. The number of hydrogen-bond donors (Lipinski definition) is 2. The minimum atomic E-state index is -0.751. The van der Waals surface area contributed by atoms with Gasteiger partial charge in [0.15, 0.2) is 0 Å². The molecule has 0 aromatic rings. The number of ether oxygens (including phenoxy) is 3. The first-order chi connectivity index (χ1) is 18.6. The van der Waals surface area contributed by atoms with E-state index in [-0.39, 0.29) is 57.9 Å². The van der Waals surface area contributed by atoms with E-state index < -0.39 is 11.7 Å². The van der Waals surface area contributed by atoms with E-state index in [2.05, 4.69) is 10.2 Å². The maximum atomic E-state index is 12.6. The fourth-order valence-electron chi connectivity index (χ4n) is 3.98. The summed E-state index contributed by atoms with van der Waals surface area (Å²) in [6.07, 6.45) is 0.990. The summed E-state index contributed by atoms with van der Waals surface area (Å²) < 4.78 is 16.2. The second-order valence-electron chi connectivity index (χ2n) is 10.6. The first-order valence-corrected chi connectivity index (χ1v) is 13.6. The quantitative estimate of drug-likeness (QED) is 0.131. The third-order valence-corrected chi connectivity index (χ3v) is 6.03. The topological polar surface area (TPSA) is 141 Å². The average Bonchev–Trinajstić information content (AvgIpc) is 2.86. The van der Waals surface area contributed by atoms with E-state index in [0.717, 1.165) is 12.6 Å². The Bertz CT molecular complexity index is 721. The van der Waals surface area contributed by atoms with Crippen LogP contribution in [-0.4, -0.2) is 173 Å². The Morgan fingerprint density at radius 2 is 1.33 bits per heavy atom. The molecule has 1 fully saturated rings. The molecule has 226 valence electrons. The normalized spacial score (nSPS) is 18.5. The number of amides is 1. The molecule has 1 unspecified atom stereocenters. The molecule has 39 heavy (non-hydrogen) atoms. The van der Waals surface area contributed by atoms with Gasteiger partial charge in [-0.1, -0.05) is 0 Å². The van der Waals surface area contributed by atoms with Gasteiger partial charge in [-0.05, 0) is 20.8 Å². The molecule has 13 nitrogen and oxygen atoms in total. The highest BCUT2D eigenvalue weighted by molar-refractivity contribution is 5.76. The van der Waals surface area contributed by atoms with E-state index in [4.69, 9.17) is 14.2 Å². The van der Waals surface area contributed by atoms with Gasteiger partial charge in [0.1, 0.15) is 24.8 Å². The van der Waals surface area contributed by atoms with E-state index in [1.165, 1.54) is 7.05 Å². The predicted molar refractivity (Wildman–Crippen MR) is 145 cm³/mol. The lowest BCUT2D eigenvalue weighted by Gasteiger charge is -2.34. The second-order valence-corrected chi connectivity index (χ2v) is 10.6. The number of rotatable bonds is 15. The number of β-amino-alcohol motifs (C(OH)–C–C–N with tert-alkyl or cyclic N) is 1.